The molecule has 18 nitrogen and oxygen atoms in total. The number of carbonyl (C=O) groups excluding carboxylic acids is 5. The fourth-order valence-electron chi connectivity index (χ4n) is 8.61. The quantitative estimate of drug-likeness (QED) is 0.0772. The van der Waals surface area contributed by atoms with Crippen molar-refractivity contribution in [3.05, 3.63) is 83.0 Å². The number of hydrogen-bond acceptors (Lipinski definition) is 16. The van der Waals surface area contributed by atoms with Crippen molar-refractivity contribution in [2.45, 2.75) is 49.1 Å². The standard InChI is InChI=1S/C44H49ClN9O9PS/c1-61-36-24-28(8-11-33(36)48-44-46-26-32(45)40(50-44)47-34-6-4-5-7-37(34)64(60,62-2)63-3)51-17-14-27(15-18-51)52-19-21-53(22-20-52)39(56)16-23-65-29-9-10-30-31(25-29)43(59)54(42(30)58)35-12-13-38(55)49-41(35)57/h4-11,24-27,35H,12-23H2,1-3H3,(H,49,55,57)(H2,46,47,48,50). The van der Waals surface area contributed by atoms with Gasteiger partial charge in [-0.2, -0.15) is 4.98 Å². The number of fused-ring (bicyclic) bond motifs is 1. The van der Waals surface area contributed by atoms with E-state index in [0.29, 0.717) is 53.7 Å². The lowest BCUT2D eigenvalue weighted by atomic mass is 10.0. The predicted octanol–water partition coefficient (Wildman–Crippen LogP) is 5.43. The number of hydrogen-bond donors (Lipinski definition) is 3. The van der Waals surface area contributed by atoms with Crippen LogP contribution in [0.3, 0.4) is 0 Å². The zero-order valence-electron chi connectivity index (χ0n) is 36.1. The second-order valence-corrected chi connectivity index (χ2v) is 19.6. The zero-order chi connectivity index (χ0) is 45.8. The first-order chi connectivity index (χ1) is 31.4. The van der Waals surface area contributed by atoms with Crippen LogP contribution in [0.15, 0.2) is 71.8 Å². The van der Waals surface area contributed by atoms with Gasteiger partial charge in [-0.25, -0.2) is 4.98 Å². The van der Waals surface area contributed by atoms with Gasteiger partial charge in [0.1, 0.15) is 16.8 Å². The fraction of sp³-hybridized carbons (Fsp3) is 0.386. The number of nitrogens with one attached hydrogen (secondary N) is 3. The highest BCUT2D eigenvalue weighted by molar-refractivity contribution is 7.99. The number of benzene rings is 3. The summed E-state index contributed by atoms with van der Waals surface area (Å²) in [5.74, 6) is -0.402. The van der Waals surface area contributed by atoms with Crippen LogP contribution in [-0.2, 0) is 28.0 Å². The van der Waals surface area contributed by atoms with Gasteiger partial charge in [-0.1, -0.05) is 23.7 Å². The molecule has 5 amide bonds. The minimum Gasteiger partial charge on any atom is -0.494 e. The number of thioether (sulfide) groups is 1. The first-order valence-corrected chi connectivity index (χ1v) is 24.1. The summed E-state index contributed by atoms with van der Waals surface area (Å²) in [4.78, 5) is 80.9. The number of nitrogens with zero attached hydrogens (tertiary/aromatic N) is 6. The van der Waals surface area contributed by atoms with Gasteiger partial charge in [-0.15, -0.1) is 11.8 Å². The summed E-state index contributed by atoms with van der Waals surface area (Å²) in [6.45, 7) is 4.66. The third kappa shape index (κ3) is 9.86. The largest absolute Gasteiger partial charge is 0.494 e. The number of piperazine rings is 1. The summed E-state index contributed by atoms with van der Waals surface area (Å²) in [5, 5.41) is 9.16. The van der Waals surface area contributed by atoms with Gasteiger partial charge in [0.05, 0.1) is 41.1 Å². The molecule has 0 spiro atoms. The lowest BCUT2D eigenvalue weighted by Crippen LogP contribution is -2.54. The van der Waals surface area contributed by atoms with Crippen molar-refractivity contribution >= 4 is 94.6 Å². The smallest absolute Gasteiger partial charge is 0.362 e. The molecule has 65 heavy (non-hydrogen) atoms. The number of para-hydroxylation sites is 1. The third-order valence-electron chi connectivity index (χ3n) is 12.1. The van der Waals surface area contributed by atoms with Crippen molar-refractivity contribution in [3.63, 3.8) is 0 Å². The number of aromatic nitrogens is 2. The Hall–Kier alpha value is -5.56. The maximum absolute atomic E-state index is 13.2. The van der Waals surface area contributed by atoms with Gasteiger partial charge >= 0.3 is 7.60 Å². The molecule has 0 radical (unpaired) electrons. The Morgan fingerprint density at radius 1 is 0.877 bits per heavy atom. The Kier molecular flexibility index (Phi) is 14.1. The molecule has 0 aliphatic carbocycles. The molecule has 3 N–H and O–H groups in total. The Morgan fingerprint density at radius 3 is 2.34 bits per heavy atom. The Bertz CT molecular complexity index is 2550. The van der Waals surface area contributed by atoms with Crippen LogP contribution in [0.2, 0.25) is 5.02 Å². The highest BCUT2D eigenvalue weighted by atomic mass is 35.5. The minimum atomic E-state index is -3.58. The van der Waals surface area contributed by atoms with E-state index in [1.807, 2.05) is 23.1 Å². The molecule has 3 fully saturated rings. The van der Waals surface area contributed by atoms with Gasteiger partial charge in [-0.3, -0.25) is 43.7 Å². The third-order valence-corrected chi connectivity index (χ3v) is 15.3. The number of rotatable bonds is 15. The molecule has 4 aliphatic heterocycles. The molecule has 4 aliphatic rings. The zero-order valence-corrected chi connectivity index (χ0v) is 38.5. The Morgan fingerprint density at radius 2 is 1.62 bits per heavy atom. The van der Waals surface area contributed by atoms with E-state index in [1.54, 1.807) is 49.6 Å². The van der Waals surface area contributed by atoms with E-state index >= 15 is 0 Å². The molecular weight excluding hydrogens is 897 g/mol. The van der Waals surface area contributed by atoms with Crippen molar-refractivity contribution in [2.24, 2.45) is 0 Å². The van der Waals surface area contributed by atoms with Crippen LogP contribution in [0.5, 0.6) is 5.75 Å². The van der Waals surface area contributed by atoms with E-state index in [2.05, 4.69) is 35.7 Å². The van der Waals surface area contributed by atoms with Crippen LogP contribution >= 0.6 is 31.0 Å². The maximum atomic E-state index is 13.2. The van der Waals surface area contributed by atoms with Crippen molar-refractivity contribution in [1.82, 2.24) is 30.0 Å². The van der Waals surface area contributed by atoms with E-state index in [0.717, 1.165) is 54.5 Å². The number of methoxy groups -OCH3 is 1. The van der Waals surface area contributed by atoms with Crippen LogP contribution in [-0.4, -0.2) is 133 Å². The molecule has 342 valence electrons. The summed E-state index contributed by atoms with van der Waals surface area (Å²) in [5.41, 5.74) is 2.60. The summed E-state index contributed by atoms with van der Waals surface area (Å²) in [6, 6.07) is 17.2. The van der Waals surface area contributed by atoms with Crippen LogP contribution in [0, 0.1) is 0 Å². The van der Waals surface area contributed by atoms with Gasteiger partial charge in [0.25, 0.3) is 11.8 Å². The SMILES string of the molecule is COc1cc(N2CCC(N3CCN(C(=O)CCSc4ccc5c(c4)C(=O)N(C4CCC(=O)NC4=O)C5=O)CC3)CC2)ccc1Nc1ncc(Cl)c(Nc2ccccc2P(=O)(OC)OC)n1. The average Bonchev–Trinajstić information content (AvgIpc) is 3.57. The number of halogens is 1. The summed E-state index contributed by atoms with van der Waals surface area (Å²) in [6.07, 6.45) is 3.92. The van der Waals surface area contributed by atoms with E-state index < -0.39 is 37.3 Å². The molecular formula is C44H49ClN9O9PS. The lowest BCUT2D eigenvalue weighted by Gasteiger charge is -2.43. The van der Waals surface area contributed by atoms with Gasteiger partial charge in [0, 0.05) is 94.8 Å². The normalized spacial score (nSPS) is 18.5. The molecule has 1 aromatic heterocycles. The van der Waals surface area contributed by atoms with Crippen LogP contribution in [0.25, 0.3) is 0 Å². The molecule has 3 saturated heterocycles. The Balaban J connectivity index is 0.792. The van der Waals surface area contributed by atoms with Gasteiger partial charge < -0.3 is 34.2 Å². The molecule has 3 aromatic carbocycles. The highest BCUT2D eigenvalue weighted by Crippen LogP contribution is 2.47. The van der Waals surface area contributed by atoms with Gasteiger partial charge in [-0.05, 0) is 61.7 Å². The average molecular weight is 946 g/mol. The minimum absolute atomic E-state index is 0.0600. The van der Waals surface area contributed by atoms with Crippen molar-refractivity contribution < 1.29 is 42.3 Å². The number of imide groups is 2. The van der Waals surface area contributed by atoms with Crippen LogP contribution < -0.4 is 30.9 Å². The van der Waals surface area contributed by atoms with E-state index in [-0.39, 0.29) is 46.7 Å². The first kappa shape index (κ1) is 46.0. The topological polar surface area (TPSA) is 205 Å². The number of amides is 5. The summed E-state index contributed by atoms with van der Waals surface area (Å²) < 4.78 is 29.4. The molecule has 8 rings (SSSR count). The summed E-state index contributed by atoms with van der Waals surface area (Å²) in [7, 11) is 0.675. The molecule has 1 atom stereocenters. The van der Waals surface area contributed by atoms with Gasteiger partial charge in [0.15, 0.2) is 5.82 Å². The first-order valence-electron chi connectivity index (χ1n) is 21.2. The van der Waals surface area contributed by atoms with Crippen molar-refractivity contribution in [3.8, 4) is 5.75 Å². The number of ether oxygens (including phenoxy) is 1. The molecule has 0 bridgehead atoms. The lowest BCUT2D eigenvalue weighted by molar-refractivity contribution is -0.136. The van der Waals surface area contributed by atoms with Crippen LogP contribution in [0.4, 0.5) is 28.8 Å². The molecule has 0 saturated carbocycles. The van der Waals surface area contributed by atoms with Gasteiger partial charge in [0.2, 0.25) is 23.7 Å². The van der Waals surface area contributed by atoms with Crippen molar-refractivity contribution in [1.29, 1.82) is 0 Å². The monoisotopic (exact) mass is 945 g/mol. The highest BCUT2D eigenvalue weighted by Gasteiger charge is 2.44. The molecule has 5 heterocycles. The summed E-state index contributed by atoms with van der Waals surface area (Å²) >= 11 is 7.92. The molecule has 4 aromatic rings. The number of anilines is 5. The van der Waals surface area contributed by atoms with E-state index in [1.165, 1.54) is 32.2 Å². The van der Waals surface area contributed by atoms with Crippen LogP contribution in [0.1, 0.15) is 52.8 Å². The number of carbonyl (C=O) groups is 5. The van der Waals surface area contributed by atoms with E-state index in [4.69, 9.17) is 25.4 Å². The predicted molar refractivity (Wildman–Crippen MR) is 246 cm³/mol. The maximum Gasteiger partial charge on any atom is 0.362 e. The van der Waals surface area contributed by atoms with Crippen molar-refractivity contribution in [2.75, 3.05) is 81.9 Å². The van der Waals surface area contributed by atoms with E-state index in [9.17, 15) is 28.5 Å². The fourth-order valence-corrected chi connectivity index (χ4v) is 10.9. The second-order valence-electron chi connectivity index (χ2n) is 15.8. The molecule has 21 heteroatoms. The number of piperidine rings is 2. The molecule has 1 unspecified atom stereocenters. The Labute approximate surface area is 385 Å². The second kappa shape index (κ2) is 19.9.